The van der Waals surface area contributed by atoms with Gasteiger partial charge >= 0.3 is 5.97 Å². The molecule has 5 nitrogen and oxygen atoms in total. The maximum Gasteiger partial charge on any atom is 0.355 e. The summed E-state index contributed by atoms with van der Waals surface area (Å²) in [6.07, 6.45) is 0. The lowest BCUT2D eigenvalue weighted by molar-refractivity contribution is 0.0465. The second-order valence-corrected chi connectivity index (χ2v) is 4.88. The van der Waals surface area contributed by atoms with Crippen LogP contribution < -0.4 is 4.74 Å². The van der Waals surface area contributed by atoms with E-state index in [9.17, 15) is 9.59 Å². The molecule has 0 aliphatic carbocycles. The molecule has 0 spiro atoms. The molecule has 0 amide bonds. The Morgan fingerprint density at radius 1 is 1.09 bits per heavy atom. The van der Waals surface area contributed by atoms with Crippen molar-refractivity contribution in [1.29, 1.82) is 0 Å². The van der Waals surface area contributed by atoms with Gasteiger partial charge in [-0.3, -0.25) is 4.79 Å². The van der Waals surface area contributed by atoms with Crippen LogP contribution in [0.15, 0.2) is 36.4 Å². The molecule has 5 heteroatoms. The first-order chi connectivity index (χ1) is 10.5. The van der Waals surface area contributed by atoms with Crippen LogP contribution in [-0.4, -0.2) is 29.5 Å². The number of rotatable bonds is 6. The molecule has 0 atom stereocenters. The average Bonchev–Trinajstić information content (AvgIpc) is 2.85. The van der Waals surface area contributed by atoms with Crippen LogP contribution in [0.2, 0.25) is 0 Å². The molecule has 2 aromatic rings. The van der Waals surface area contributed by atoms with E-state index in [-0.39, 0.29) is 12.4 Å². The molecule has 1 aromatic heterocycles. The van der Waals surface area contributed by atoms with Crippen molar-refractivity contribution in [2.75, 3.05) is 13.2 Å². The van der Waals surface area contributed by atoms with E-state index in [0.717, 1.165) is 5.69 Å². The highest BCUT2D eigenvalue weighted by atomic mass is 16.5. The fraction of sp³-hybridized carbons (Fsp3) is 0.294. The minimum absolute atomic E-state index is 0.248. The van der Waals surface area contributed by atoms with Crippen molar-refractivity contribution in [3.8, 4) is 5.75 Å². The highest BCUT2D eigenvalue weighted by molar-refractivity contribution is 5.99. The zero-order valence-electron chi connectivity index (χ0n) is 13.0. The molecule has 0 saturated heterocycles. The molecule has 0 N–H and O–H groups in total. The number of hydrogen-bond donors (Lipinski definition) is 0. The van der Waals surface area contributed by atoms with Crippen LogP contribution in [0.1, 0.15) is 33.5 Å². The number of carbonyl (C=O) groups is 2. The molecular weight excluding hydrogens is 282 g/mol. The minimum Gasteiger partial charge on any atom is -0.494 e. The van der Waals surface area contributed by atoms with Crippen LogP contribution in [0.4, 0.5) is 0 Å². The number of benzene rings is 1. The molecule has 1 heterocycles. The van der Waals surface area contributed by atoms with Crippen LogP contribution in [0, 0.1) is 6.92 Å². The van der Waals surface area contributed by atoms with E-state index < -0.39 is 5.97 Å². The Labute approximate surface area is 129 Å². The molecule has 1 aromatic carbocycles. The summed E-state index contributed by atoms with van der Waals surface area (Å²) in [4.78, 5) is 24.0. The summed E-state index contributed by atoms with van der Waals surface area (Å²) in [7, 11) is 1.78. The third-order valence-electron chi connectivity index (χ3n) is 3.40. The number of esters is 1. The van der Waals surface area contributed by atoms with Gasteiger partial charge in [0, 0.05) is 18.3 Å². The van der Waals surface area contributed by atoms with Gasteiger partial charge in [-0.05, 0) is 50.2 Å². The fourth-order valence-electron chi connectivity index (χ4n) is 2.01. The molecular formula is C17H19NO4. The standard InChI is InChI=1S/C17H19NO4/c1-4-21-14-8-6-13(7-9-14)16(19)11-22-17(20)15-10-5-12(2)18(15)3/h5-10H,4,11H2,1-3H3. The molecule has 0 radical (unpaired) electrons. The lowest BCUT2D eigenvalue weighted by Crippen LogP contribution is -2.16. The molecule has 22 heavy (non-hydrogen) atoms. The van der Waals surface area contributed by atoms with Crippen LogP contribution >= 0.6 is 0 Å². The average molecular weight is 301 g/mol. The second kappa shape index (κ2) is 6.93. The van der Waals surface area contributed by atoms with Crippen molar-refractivity contribution in [3.63, 3.8) is 0 Å². The predicted octanol–water partition coefficient (Wildman–Crippen LogP) is 2.77. The van der Waals surface area contributed by atoms with Crippen molar-refractivity contribution in [2.24, 2.45) is 7.05 Å². The topological polar surface area (TPSA) is 57.5 Å². The van der Waals surface area contributed by atoms with Gasteiger partial charge in [-0.1, -0.05) is 0 Å². The summed E-state index contributed by atoms with van der Waals surface area (Å²) < 4.78 is 12.1. The van der Waals surface area contributed by atoms with Gasteiger partial charge in [0.1, 0.15) is 11.4 Å². The number of aryl methyl sites for hydroxylation is 1. The first-order valence-corrected chi connectivity index (χ1v) is 7.08. The van der Waals surface area contributed by atoms with Gasteiger partial charge in [-0.2, -0.15) is 0 Å². The summed E-state index contributed by atoms with van der Waals surface area (Å²) in [6.45, 7) is 4.07. The Kier molecular flexibility index (Phi) is 4.99. The van der Waals surface area contributed by atoms with Crippen molar-refractivity contribution < 1.29 is 19.1 Å². The van der Waals surface area contributed by atoms with Crippen molar-refractivity contribution in [1.82, 2.24) is 4.57 Å². The number of aromatic nitrogens is 1. The quantitative estimate of drug-likeness (QED) is 0.608. The minimum atomic E-state index is -0.505. The third kappa shape index (κ3) is 3.55. The zero-order chi connectivity index (χ0) is 16.1. The maximum atomic E-state index is 12.0. The summed E-state index contributed by atoms with van der Waals surface area (Å²) in [5.41, 5.74) is 1.86. The number of nitrogens with zero attached hydrogens (tertiary/aromatic N) is 1. The van der Waals surface area contributed by atoms with E-state index >= 15 is 0 Å². The molecule has 0 bridgehead atoms. The monoisotopic (exact) mass is 301 g/mol. The lowest BCUT2D eigenvalue weighted by Gasteiger charge is -2.07. The molecule has 2 rings (SSSR count). The van der Waals surface area contributed by atoms with Gasteiger partial charge in [-0.25, -0.2) is 4.79 Å². The first-order valence-electron chi connectivity index (χ1n) is 7.08. The first kappa shape index (κ1) is 15.8. The highest BCUT2D eigenvalue weighted by Gasteiger charge is 2.15. The van der Waals surface area contributed by atoms with Crippen LogP contribution in [0.25, 0.3) is 0 Å². The maximum absolute atomic E-state index is 12.0. The van der Waals surface area contributed by atoms with Crippen LogP contribution in [-0.2, 0) is 11.8 Å². The summed E-state index contributed by atoms with van der Waals surface area (Å²) in [5.74, 6) is -0.0486. The molecule has 0 unspecified atom stereocenters. The van der Waals surface area contributed by atoms with E-state index in [1.807, 2.05) is 19.9 Å². The normalized spacial score (nSPS) is 10.3. The number of carbonyl (C=O) groups excluding carboxylic acids is 2. The Morgan fingerprint density at radius 2 is 1.77 bits per heavy atom. The van der Waals surface area contributed by atoms with Gasteiger partial charge in [-0.15, -0.1) is 0 Å². The second-order valence-electron chi connectivity index (χ2n) is 4.88. The highest BCUT2D eigenvalue weighted by Crippen LogP contribution is 2.13. The molecule has 0 fully saturated rings. The van der Waals surface area contributed by atoms with E-state index in [1.54, 1.807) is 41.9 Å². The summed E-state index contributed by atoms with van der Waals surface area (Å²) in [5, 5.41) is 0. The number of hydrogen-bond acceptors (Lipinski definition) is 4. The summed E-state index contributed by atoms with van der Waals surface area (Å²) in [6, 6.07) is 10.3. The van der Waals surface area contributed by atoms with E-state index in [2.05, 4.69) is 0 Å². The van der Waals surface area contributed by atoms with Crippen molar-refractivity contribution in [2.45, 2.75) is 13.8 Å². The Balaban J connectivity index is 1.94. The van der Waals surface area contributed by atoms with Gasteiger partial charge in [0.25, 0.3) is 0 Å². The third-order valence-corrected chi connectivity index (χ3v) is 3.40. The zero-order valence-corrected chi connectivity index (χ0v) is 13.0. The van der Waals surface area contributed by atoms with Crippen molar-refractivity contribution in [3.05, 3.63) is 53.3 Å². The molecule has 0 aliphatic heterocycles. The SMILES string of the molecule is CCOc1ccc(C(=O)COC(=O)c2ccc(C)n2C)cc1. The number of Topliss-reactive ketones (excluding diaryl/α,β-unsaturated/α-hetero) is 1. The fourth-order valence-corrected chi connectivity index (χ4v) is 2.01. The Bertz CT molecular complexity index is 670. The smallest absolute Gasteiger partial charge is 0.355 e. The van der Waals surface area contributed by atoms with E-state index in [0.29, 0.717) is 23.6 Å². The van der Waals surface area contributed by atoms with Crippen LogP contribution in [0.3, 0.4) is 0 Å². The lowest BCUT2D eigenvalue weighted by atomic mass is 10.1. The van der Waals surface area contributed by atoms with Gasteiger partial charge in [0.15, 0.2) is 12.4 Å². The summed E-state index contributed by atoms with van der Waals surface area (Å²) >= 11 is 0. The van der Waals surface area contributed by atoms with Gasteiger partial charge in [0.2, 0.25) is 0 Å². The van der Waals surface area contributed by atoms with Gasteiger partial charge in [0.05, 0.1) is 6.61 Å². The molecule has 0 saturated carbocycles. The van der Waals surface area contributed by atoms with E-state index in [4.69, 9.17) is 9.47 Å². The Morgan fingerprint density at radius 3 is 2.32 bits per heavy atom. The molecule has 116 valence electrons. The molecule has 0 aliphatic rings. The Hall–Kier alpha value is -2.56. The van der Waals surface area contributed by atoms with E-state index in [1.165, 1.54) is 0 Å². The predicted molar refractivity (Wildman–Crippen MR) is 82.4 cm³/mol. The largest absolute Gasteiger partial charge is 0.494 e. The van der Waals surface area contributed by atoms with Gasteiger partial charge < -0.3 is 14.0 Å². The number of ether oxygens (including phenoxy) is 2. The van der Waals surface area contributed by atoms with Crippen molar-refractivity contribution >= 4 is 11.8 Å². The number of ketones is 1. The van der Waals surface area contributed by atoms with Crippen LogP contribution in [0.5, 0.6) is 5.75 Å².